The van der Waals surface area contributed by atoms with Crippen molar-refractivity contribution in [2.45, 2.75) is 43.9 Å². The van der Waals surface area contributed by atoms with Crippen LogP contribution >= 0.6 is 0 Å². The summed E-state index contributed by atoms with van der Waals surface area (Å²) in [6.07, 6.45) is 5.88. The lowest BCUT2D eigenvalue weighted by molar-refractivity contribution is 0.101. The van der Waals surface area contributed by atoms with Gasteiger partial charge in [0.25, 0.3) is 0 Å². The van der Waals surface area contributed by atoms with E-state index in [4.69, 9.17) is 0 Å². The number of rotatable bonds is 6. The Bertz CT molecular complexity index is 557. The minimum absolute atomic E-state index is 0.0665. The van der Waals surface area contributed by atoms with Crippen LogP contribution in [0.3, 0.4) is 0 Å². The Kier molecular flexibility index (Phi) is 4.94. The SMILES string of the molecule is CC(=O)c1ccc(S(=O)(=O)NCCC2CCCC2)cc1. The number of hydrogen-bond acceptors (Lipinski definition) is 3. The van der Waals surface area contributed by atoms with Crippen LogP contribution in [0.25, 0.3) is 0 Å². The second-order valence-electron chi connectivity index (χ2n) is 5.42. The standard InChI is InChI=1S/C15H21NO3S/c1-12(17)14-6-8-15(9-7-14)20(18,19)16-11-10-13-4-2-3-5-13/h6-9,13,16H,2-5,10-11H2,1H3. The molecule has 0 radical (unpaired) electrons. The number of benzene rings is 1. The van der Waals surface area contributed by atoms with Crippen LogP contribution in [0.1, 0.15) is 49.4 Å². The minimum Gasteiger partial charge on any atom is -0.295 e. The highest BCUT2D eigenvalue weighted by Crippen LogP contribution is 2.27. The van der Waals surface area contributed by atoms with Crippen LogP contribution in [-0.4, -0.2) is 20.7 Å². The molecule has 0 aliphatic heterocycles. The van der Waals surface area contributed by atoms with Gasteiger partial charge in [-0.1, -0.05) is 37.8 Å². The molecule has 2 rings (SSSR count). The van der Waals surface area contributed by atoms with Crippen molar-refractivity contribution < 1.29 is 13.2 Å². The number of ketones is 1. The van der Waals surface area contributed by atoms with E-state index in [2.05, 4.69) is 4.72 Å². The zero-order valence-electron chi connectivity index (χ0n) is 11.8. The van der Waals surface area contributed by atoms with Gasteiger partial charge in [0.1, 0.15) is 0 Å². The summed E-state index contributed by atoms with van der Waals surface area (Å²) in [5.41, 5.74) is 0.523. The summed E-state index contributed by atoms with van der Waals surface area (Å²) in [6, 6.07) is 6.06. The molecule has 1 aromatic rings. The van der Waals surface area contributed by atoms with Crippen molar-refractivity contribution in [1.82, 2.24) is 4.72 Å². The van der Waals surface area contributed by atoms with E-state index in [0.29, 0.717) is 18.0 Å². The van der Waals surface area contributed by atoms with E-state index in [0.717, 1.165) is 6.42 Å². The number of hydrogen-bond donors (Lipinski definition) is 1. The number of Topliss-reactive ketones (excluding diaryl/α,β-unsaturated/α-hetero) is 1. The Hall–Kier alpha value is -1.20. The molecule has 1 aliphatic rings. The van der Waals surface area contributed by atoms with E-state index < -0.39 is 10.0 Å². The van der Waals surface area contributed by atoms with E-state index >= 15 is 0 Å². The van der Waals surface area contributed by atoms with Gasteiger partial charge in [0.05, 0.1) is 4.90 Å². The van der Waals surface area contributed by atoms with Crippen molar-refractivity contribution >= 4 is 15.8 Å². The topological polar surface area (TPSA) is 63.2 Å². The molecule has 0 spiro atoms. The average Bonchev–Trinajstić information content (AvgIpc) is 2.92. The number of carbonyl (C=O) groups excluding carboxylic acids is 1. The summed E-state index contributed by atoms with van der Waals surface area (Å²) in [5, 5.41) is 0. The lowest BCUT2D eigenvalue weighted by Gasteiger charge is -2.10. The molecule has 5 heteroatoms. The highest BCUT2D eigenvalue weighted by Gasteiger charge is 2.17. The molecule has 1 aliphatic carbocycles. The summed E-state index contributed by atoms with van der Waals surface area (Å²) >= 11 is 0. The number of carbonyl (C=O) groups is 1. The summed E-state index contributed by atoms with van der Waals surface area (Å²) in [7, 11) is -3.46. The first-order valence-electron chi connectivity index (χ1n) is 7.10. The fraction of sp³-hybridized carbons (Fsp3) is 0.533. The molecule has 0 atom stereocenters. The van der Waals surface area contributed by atoms with Crippen LogP contribution in [0, 0.1) is 5.92 Å². The molecule has 20 heavy (non-hydrogen) atoms. The molecule has 1 N–H and O–H groups in total. The van der Waals surface area contributed by atoms with Gasteiger partial charge in [0, 0.05) is 12.1 Å². The van der Waals surface area contributed by atoms with Gasteiger partial charge in [-0.15, -0.1) is 0 Å². The van der Waals surface area contributed by atoms with Gasteiger partial charge in [0.15, 0.2) is 5.78 Å². The Labute approximate surface area is 120 Å². The Balaban J connectivity index is 1.93. The van der Waals surface area contributed by atoms with Crippen molar-refractivity contribution in [2.24, 2.45) is 5.92 Å². The van der Waals surface area contributed by atoms with E-state index in [-0.39, 0.29) is 10.7 Å². The van der Waals surface area contributed by atoms with Crippen LogP contribution in [0.4, 0.5) is 0 Å². The summed E-state index contributed by atoms with van der Waals surface area (Å²) in [6.45, 7) is 1.95. The van der Waals surface area contributed by atoms with Gasteiger partial charge >= 0.3 is 0 Å². The molecular formula is C15H21NO3S. The predicted molar refractivity (Wildman–Crippen MR) is 78.2 cm³/mol. The third-order valence-electron chi connectivity index (χ3n) is 3.89. The normalized spacial score (nSPS) is 16.4. The third-order valence-corrected chi connectivity index (χ3v) is 5.37. The van der Waals surface area contributed by atoms with Crippen LogP contribution in [0.15, 0.2) is 29.2 Å². The Morgan fingerprint density at radius 2 is 1.80 bits per heavy atom. The van der Waals surface area contributed by atoms with Gasteiger partial charge in [-0.3, -0.25) is 4.79 Å². The van der Waals surface area contributed by atoms with Crippen molar-refractivity contribution in [3.8, 4) is 0 Å². The first kappa shape index (κ1) is 15.2. The maximum atomic E-state index is 12.1. The first-order valence-corrected chi connectivity index (χ1v) is 8.58. The lowest BCUT2D eigenvalue weighted by Crippen LogP contribution is -2.26. The molecule has 1 fully saturated rings. The molecule has 0 heterocycles. The second kappa shape index (κ2) is 6.50. The molecule has 1 aromatic carbocycles. The minimum atomic E-state index is -3.46. The van der Waals surface area contributed by atoms with Gasteiger partial charge in [-0.2, -0.15) is 0 Å². The summed E-state index contributed by atoms with van der Waals surface area (Å²) in [5.74, 6) is 0.598. The van der Waals surface area contributed by atoms with Gasteiger partial charge in [0.2, 0.25) is 10.0 Å². The fourth-order valence-electron chi connectivity index (χ4n) is 2.65. The molecule has 0 saturated heterocycles. The third kappa shape index (κ3) is 3.90. The van der Waals surface area contributed by atoms with Gasteiger partial charge < -0.3 is 0 Å². The molecule has 0 bridgehead atoms. The second-order valence-corrected chi connectivity index (χ2v) is 7.18. The van der Waals surface area contributed by atoms with Crippen LogP contribution in [0.2, 0.25) is 0 Å². The molecule has 0 unspecified atom stereocenters. The van der Waals surface area contributed by atoms with Crippen molar-refractivity contribution in [1.29, 1.82) is 0 Å². The maximum absolute atomic E-state index is 12.1. The fourth-order valence-corrected chi connectivity index (χ4v) is 3.70. The zero-order chi connectivity index (χ0) is 14.6. The van der Waals surface area contributed by atoms with E-state index in [1.807, 2.05) is 0 Å². The molecule has 110 valence electrons. The van der Waals surface area contributed by atoms with Crippen LogP contribution in [-0.2, 0) is 10.0 Å². The Morgan fingerprint density at radius 1 is 1.20 bits per heavy atom. The number of nitrogens with one attached hydrogen (secondary N) is 1. The molecule has 1 saturated carbocycles. The maximum Gasteiger partial charge on any atom is 0.240 e. The Morgan fingerprint density at radius 3 is 2.35 bits per heavy atom. The molecule has 0 amide bonds. The zero-order valence-corrected chi connectivity index (χ0v) is 12.6. The summed E-state index contributed by atoms with van der Waals surface area (Å²) < 4.78 is 26.8. The summed E-state index contributed by atoms with van der Waals surface area (Å²) in [4.78, 5) is 11.4. The van der Waals surface area contributed by atoms with Crippen LogP contribution < -0.4 is 4.72 Å². The van der Waals surface area contributed by atoms with Crippen LogP contribution in [0.5, 0.6) is 0 Å². The van der Waals surface area contributed by atoms with Crippen molar-refractivity contribution in [3.63, 3.8) is 0 Å². The van der Waals surface area contributed by atoms with E-state index in [9.17, 15) is 13.2 Å². The average molecular weight is 295 g/mol. The highest BCUT2D eigenvalue weighted by atomic mass is 32.2. The monoisotopic (exact) mass is 295 g/mol. The smallest absolute Gasteiger partial charge is 0.240 e. The number of sulfonamides is 1. The van der Waals surface area contributed by atoms with E-state index in [1.54, 1.807) is 12.1 Å². The van der Waals surface area contributed by atoms with Gasteiger partial charge in [-0.05, 0) is 31.4 Å². The predicted octanol–water partition coefficient (Wildman–Crippen LogP) is 2.75. The lowest BCUT2D eigenvalue weighted by atomic mass is 10.1. The molecule has 0 aromatic heterocycles. The largest absolute Gasteiger partial charge is 0.295 e. The van der Waals surface area contributed by atoms with Crippen molar-refractivity contribution in [3.05, 3.63) is 29.8 Å². The highest BCUT2D eigenvalue weighted by molar-refractivity contribution is 7.89. The van der Waals surface area contributed by atoms with E-state index in [1.165, 1.54) is 44.7 Å². The first-order chi connectivity index (χ1) is 9.49. The van der Waals surface area contributed by atoms with Crippen molar-refractivity contribution in [2.75, 3.05) is 6.54 Å². The quantitative estimate of drug-likeness (QED) is 0.821. The molecule has 4 nitrogen and oxygen atoms in total. The molecular weight excluding hydrogens is 274 g/mol. The van der Waals surface area contributed by atoms with Gasteiger partial charge in [-0.25, -0.2) is 13.1 Å².